The van der Waals surface area contributed by atoms with E-state index in [1.54, 1.807) is 7.11 Å². The Bertz CT molecular complexity index is 707. The van der Waals surface area contributed by atoms with E-state index in [1.807, 2.05) is 30.0 Å². The van der Waals surface area contributed by atoms with Gasteiger partial charge >= 0.3 is 5.97 Å². The molecule has 2 rings (SSSR count). The molecule has 1 saturated heterocycles. The predicted molar refractivity (Wildman–Crippen MR) is 99.2 cm³/mol. The smallest absolute Gasteiger partial charge is 0.325 e. The molecule has 2 amide bonds. The Morgan fingerprint density at radius 1 is 1.33 bits per heavy atom. The highest BCUT2D eigenvalue weighted by atomic mass is 16.5. The second-order valence-corrected chi connectivity index (χ2v) is 6.61. The monoisotopic (exact) mass is 377 g/mol. The topological polar surface area (TPSA) is 88.2 Å². The predicted octanol–water partition coefficient (Wildman–Crippen LogP) is 0.326. The molecule has 1 heterocycles. The summed E-state index contributed by atoms with van der Waals surface area (Å²) < 4.78 is 9.86. The number of ether oxygens (including phenoxy) is 2. The molecule has 0 aromatic heterocycles. The summed E-state index contributed by atoms with van der Waals surface area (Å²) in [6.07, 6.45) is 0.00840. The summed E-state index contributed by atoms with van der Waals surface area (Å²) in [5.41, 5.74) is 2.06. The van der Waals surface area contributed by atoms with Gasteiger partial charge in [0, 0.05) is 26.7 Å². The molecule has 0 spiro atoms. The van der Waals surface area contributed by atoms with Crippen LogP contribution in [0, 0.1) is 6.92 Å². The number of benzene rings is 1. The molecule has 8 heteroatoms. The van der Waals surface area contributed by atoms with Gasteiger partial charge in [-0.2, -0.15) is 0 Å². The van der Waals surface area contributed by atoms with Gasteiger partial charge in [-0.3, -0.25) is 19.3 Å². The van der Waals surface area contributed by atoms with Crippen LogP contribution in [0.5, 0.6) is 5.75 Å². The van der Waals surface area contributed by atoms with Crippen molar-refractivity contribution in [2.75, 3.05) is 40.9 Å². The van der Waals surface area contributed by atoms with Crippen LogP contribution in [0.2, 0.25) is 0 Å². The van der Waals surface area contributed by atoms with Crippen LogP contribution in [-0.4, -0.2) is 74.5 Å². The minimum absolute atomic E-state index is 0.00840. The lowest BCUT2D eigenvalue weighted by Gasteiger charge is -2.35. The molecule has 1 aromatic rings. The Labute approximate surface area is 159 Å². The number of hydrogen-bond donors (Lipinski definition) is 1. The van der Waals surface area contributed by atoms with E-state index in [9.17, 15) is 14.4 Å². The van der Waals surface area contributed by atoms with E-state index in [-0.39, 0.29) is 24.8 Å². The van der Waals surface area contributed by atoms with E-state index in [1.165, 1.54) is 19.1 Å². The van der Waals surface area contributed by atoms with Crippen LogP contribution in [0.3, 0.4) is 0 Å². The maximum Gasteiger partial charge on any atom is 0.325 e. The van der Waals surface area contributed by atoms with Gasteiger partial charge in [0.25, 0.3) is 0 Å². The zero-order valence-electron chi connectivity index (χ0n) is 16.3. The molecule has 148 valence electrons. The van der Waals surface area contributed by atoms with Gasteiger partial charge in [0.2, 0.25) is 11.8 Å². The van der Waals surface area contributed by atoms with Crippen LogP contribution in [0.4, 0.5) is 0 Å². The number of likely N-dealkylation sites (N-methyl/N-ethyl adjacent to an activating group) is 1. The molecule has 1 aliphatic heterocycles. The minimum atomic E-state index is -0.575. The molecule has 1 fully saturated rings. The average molecular weight is 377 g/mol. The summed E-state index contributed by atoms with van der Waals surface area (Å²) in [6.45, 7) is 3.57. The Kier molecular flexibility index (Phi) is 7.18. The first kappa shape index (κ1) is 20.7. The van der Waals surface area contributed by atoms with Gasteiger partial charge in [-0.1, -0.05) is 12.1 Å². The highest BCUT2D eigenvalue weighted by Gasteiger charge is 2.32. The number of nitrogens with one attached hydrogen (secondary N) is 1. The number of nitrogens with zero attached hydrogens (tertiary/aromatic N) is 2. The van der Waals surface area contributed by atoms with Crippen molar-refractivity contribution in [1.29, 1.82) is 0 Å². The number of esters is 1. The molecule has 1 aromatic carbocycles. The van der Waals surface area contributed by atoms with Gasteiger partial charge in [-0.25, -0.2) is 0 Å². The number of methoxy groups -OCH3 is 2. The number of aryl methyl sites for hydroxylation is 1. The average Bonchev–Trinajstić information content (AvgIpc) is 2.64. The Morgan fingerprint density at radius 2 is 2.07 bits per heavy atom. The van der Waals surface area contributed by atoms with Crippen LogP contribution in [0.25, 0.3) is 0 Å². The fraction of sp³-hybridized carbons (Fsp3) is 0.526. The van der Waals surface area contributed by atoms with Crippen molar-refractivity contribution in [3.8, 4) is 5.75 Å². The Hall–Kier alpha value is -2.61. The van der Waals surface area contributed by atoms with E-state index in [2.05, 4.69) is 10.1 Å². The fourth-order valence-corrected chi connectivity index (χ4v) is 3.11. The summed E-state index contributed by atoms with van der Waals surface area (Å²) >= 11 is 0. The number of carbonyl (C=O) groups is 3. The lowest BCUT2D eigenvalue weighted by atomic mass is 10.0. The summed E-state index contributed by atoms with van der Waals surface area (Å²) in [6, 6.07) is 5.31. The highest BCUT2D eigenvalue weighted by molar-refractivity contribution is 5.90. The maximum absolute atomic E-state index is 12.4. The van der Waals surface area contributed by atoms with Crippen molar-refractivity contribution in [3.63, 3.8) is 0 Å². The quantitative estimate of drug-likeness (QED) is 0.689. The number of piperazine rings is 1. The lowest BCUT2D eigenvalue weighted by Crippen LogP contribution is -2.56. The normalized spacial score (nSPS) is 17.2. The lowest BCUT2D eigenvalue weighted by molar-refractivity contribution is -0.147. The van der Waals surface area contributed by atoms with Crippen LogP contribution in [-0.2, 0) is 25.7 Å². The second-order valence-electron chi connectivity index (χ2n) is 6.61. The van der Waals surface area contributed by atoms with Gasteiger partial charge in [0.15, 0.2) is 0 Å². The van der Waals surface area contributed by atoms with Crippen molar-refractivity contribution < 1.29 is 23.9 Å². The van der Waals surface area contributed by atoms with Gasteiger partial charge < -0.3 is 19.7 Å². The molecule has 0 aliphatic carbocycles. The van der Waals surface area contributed by atoms with Gasteiger partial charge in [-0.15, -0.1) is 0 Å². The standard InChI is InChI=1S/C19H27N3O5/c1-13-9-14(5-6-16(13)26-3)11-22-8-7-20-19(25)15(22)10-17(23)21(2)12-18(24)27-4/h5-6,9,15H,7-8,10-12H2,1-4H3,(H,20,25). The van der Waals surface area contributed by atoms with Gasteiger partial charge in [-0.05, 0) is 24.1 Å². The van der Waals surface area contributed by atoms with E-state index in [0.29, 0.717) is 19.6 Å². The molecular formula is C19H27N3O5. The van der Waals surface area contributed by atoms with Crippen LogP contribution in [0.1, 0.15) is 17.5 Å². The zero-order chi connectivity index (χ0) is 20.0. The number of hydrogen-bond acceptors (Lipinski definition) is 6. The zero-order valence-corrected chi connectivity index (χ0v) is 16.3. The summed E-state index contributed by atoms with van der Waals surface area (Å²) in [4.78, 5) is 39.4. The van der Waals surface area contributed by atoms with E-state index in [4.69, 9.17) is 4.74 Å². The molecule has 0 radical (unpaired) electrons. The van der Waals surface area contributed by atoms with Crippen molar-refractivity contribution in [3.05, 3.63) is 29.3 Å². The number of amides is 2. The van der Waals surface area contributed by atoms with E-state index < -0.39 is 12.0 Å². The molecule has 1 atom stereocenters. The van der Waals surface area contributed by atoms with Crippen LogP contribution >= 0.6 is 0 Å². The van der Waals surface area contributed by atoms with Gasteiger partial charge in [0.1, 0.15) is 12.3 Å². The minimum Gasteiger partial charge on any atom is -0.496 e. The fourth-order valence-electron chi connectivity index (χ4n) is 3.11. The number of rotatable bonds is 7. The van der Waals surface area contributed by atoms with Crippen molar-refractivity contribution in [2.45, 2.75) is 25.9 Å². The highest BCUT2D eigenvalue weighted by Crippen LogP contribution is 2.21. The van der Waals surface area contributed by atoms with Gasteiger partial charge in [0.05, 0.1) is 26.7 Å². The van der Waals surface area contributed by atoms with Crippen molar-refractivity contribution in [2.24, 2.45) is 0 Å². The van der Waals surface area contributed by atoms with Crippen LogP contribution < -0.4 is 10.1 Å². The summed E-state index contributed by atoms with van der Waals surface area (Å²) in [5.74, 6) is -0.138. The van der Waals surface area contributed by atoms with Crippen LogP contribution in [0.15, 0.2) is 18.2 Å². The third kappa shape index (κ3) is 5.43. The summed E-state index contributed by atoms with van der Waals surface area (Å²) in [7, 11) is 4.43. The van der Waals surface area contributed by atoms with E-state index in [0.717, 1.165) is 16.9 Å². The third-order valence-corrected chi connectivity index (χ3v) is 4.67. The molecule has 0 saturated carbocycles. The molecule has 0 bridgehead atoms. The summed E-state index contributed by atoms with van der Waals surface area (Å²) in [5, 5.41) is 2.81. The Morgan fingerprint density at radius 3 is 2.70 bits per heavy atom. The SMILES string of the molecule is COC(=O)CN(C)C(=O)CC1C(=O)NCCN1Cc1ccc(OC)c(C)c1. The maximum atomic E-state index is 12.4. The molecule has 1 N–H and O–H groups in total. The number of carbonyl (C=O) groups excluding carboxylic acids is 3. The second kappa shape index (κ2) is 9.36. The van der Waals surface area contributed by atoms with Crippen molar-refractivity contribution >= 4 is 17.8 Å². The van der Waals surface area contributed by atoms with E-state index >= 15 is 0 Å². The first-order valence-corrected chi connectivity index (χ1v) is 8.81. The van der Waals surface area contributed by atoms with Crippen molar-refractivity contribution in [1.82, 2.24) is 15.1 Å². The largest absolute Gasteiger partial charge is 0.496 e. The first-order chi connectivity index (χ1) is 12.8. The Balaban J connectivity index is 2.08. The molecule has 1 aliphatic rings. The molecule has 27 heavy (non-hydrogen) atoms. The molecule has 8 nitrogen and oxygen atoms in total. The first-order valence-electron chi connectivity index (χ1n) is 8.81. The third-order valence-electron chi connectivity index (χ3n) is 4.67. The molecule has 1 unspecified atom stereocenters. The molecular weight excluding hydrogens is 350 g/mol.